The highest BCUT2D eigenvalue weighted by Gasteiger charge is 2.05. The predicted octanol–water partition coefficient (Wildman–Crippen LogP) is 2.16. The first-order chi connectivity index (χ1) is 8.52. The first kappa shape index (κ1) is 12.6. The molecule has 0 atom stereocenters. The Morgan fingerprint density at radius 1 is 1.11 bits per heavy atom. The standard InChI is InChI=1S/C15H17NO2/c1-10-6-12(4-5-13(10)9-17)14-7-11(2)15(18)16(3)8-14/h4-8,17H,9H2,1-3H3. The predicted molar refractivity (Wildman–Crippen MR) is 72.5 cm³/mol. The van der Waals surface area contributed by atoms with E-state index in [1.165, 1.54) is 0 Å². The average molecular weight is 243 g/mol. The summed E-state index contributed by atoms with van der Waals surface area (Å²) in [5, 5.41) is 9.16. The fourth-order valence-corrected chi connectivity index (χ4v) is 2.09. The van der Waals surface area contributed by atoms with Gasteiger partial charge < -0.3 is 9.67 Å². The molecule has 3 heteroatoms. The Kier molecular flexibility index (Phi) is 3.34. The van der Waals surface area contributed by atoms with E-state index in [2.05, 4.69) is 0 Å². The summed E-state index contributed by atoms with van der Waals surface area (Å²) < 4.78 is 1.60. The molecule has 2 rings (SSSR count). The second kappa shape index (κ2) is 4.78. The van der Waals surface area contributed by atoms with Gasteiger partial charge in [0.1, 0.15) is 0 Å². The van der Waals surface area contributed by atoms with Crippen molar-refractivity contribution >= 4 is 0 Å². The normalized spacial score (nSPS) is 10.7. The second-order valence-corrected chi connectivity index (χ2v) is 4.63. The largest absolute Gasteiger partial charge is 0.392 e. The maximum absolute atomic E-state index is 11.6. The molecule has 0 bridgehead atoms. The van der Waals surface area contributed by atoms with Crippen LogP contribution in [0, 0.1) is 13.8 Å². The summed E-state index contributed by atoms with van der Waals surface area (Å²) in [7, 11) is 1.76. The van der Waals surface area contributed by atoms with Gasteiger partial charge in [0.05, 0.1) is 6.61 Å². The van der Waals surface area contributed by atoms with E-state index in [1.807, 2.05) is 44.3 Å². The maximum atomic E-state index is 11.6. The van der Waals surface area contributed by atoms with Gasteiger partial charge in [-0.25, -0.2) is 0 Å². The molecule has 0 radical (unpaired) electrons. The third-order valence-corrected chi connectivity index (χ3v) is 3.21. The molecule has 18 heavy (non-hydrogen) atoms. The lowest BCUT2D eigenvalue weighted by Gasteiger charge is -2.09. The topological polar surface area (TPSA) is 42.2 Å². The summed E-state index contributed by atoms with van der Waals surface area (Å²) in [4.78, 5) is 11.6. The van der Waals surface area contributed by atoms with E-state index in [-0.39, 0.29) is 12.2 Å². The number of rotatable bonds is 2. The Morgan fingerprint density at radius 2 is 1.78 bits per heavy atom. The minimum atomic E-state index is 0.0300. The van der Waals surface area contributed by atoms with Gasteiger partial charge in [0, 0.05) is 18.8 Å². The van der Waals surface area contributed by atoms with Gasteiger partial charge in [-0.1, -0.05) is 18.2 Å². The van der Waals surface area contributed by atoms with Crippen LogP contribution >= 0.6 is 0 Å². The Morgan fingerprint density at radius 3 is 2.33 bits per heavy atom. The fourth-order valence-electron chi connectivity index (χ4n) is 2.09. The maximum Gasteiger partial charge on any atom is 0.253 e. The number of pyridine rings is 1. The van der Waals surface area contributed by atoms with Gasteiger partial charge in [0.2, 0.25) is 0 Å². The molecule has 0 saturated heterocycles. The van der Waals surface area contributed by atoms with Crippen LogP contribution in [0.2, 0.25) is 0 Å². The highest BCUT2D eigenvalue weighted by molar-refractivity contribution is 5.64. The smallest absolute Gasteiger partial charge is 0.253 e. The van der Waals surface area contributed by atoms with Gasteiger partial charge in [0.15, 0.2) is 0 Å². The molecule has 1 heterocycles. The Balaban J connectivity index is 2.56. The molecule has 0 spiro atoms. The molecule has 0 fully saturated rings. The number of aryl methyl sites for hydroxylation is 3. The summed E-state index contributed by atoms with van der Waals surface area (Å²) in [5.74, 6) is 0. The summed E-state index contributed by atoms with van der Waals surface area (Å²) in [6.45, 7) is 3.85. The molecule has 0 aliphatic heterocycles. The van der Waals surface area contributed by atoms with Gasteiger partial charge in [-0.15, -0.1) is 0 Å². The number of benzene rings is 1. The van der Waals surface area contributed by atoms with Gasteiger partial charge in [-0.2, -0.15) is 0 Å². The van der Waals surface area contributed by atoms with Crippen molar-refractivity contribution in [3.63, 3.8) is 0 Å². The summed E-state index contributed by atoms with van der Waals surface area (Å²) >= 11 is 0. The zero-order valence-electron chi connectivity index (χ0n) is 10.9. The third-order valence-electron chi connectivity index (χ3n) is 3.21. The van der Waals surface area contributed by atoms with Crippen LogP contribution in [0.1, 0.15) is 16.7 Å². The van der Waals surface area contributed by atoms with Gasteiger partial charge in [-0.3, -0.25) is 4.79 Å². The second-order valence-electron chi connectivity index (χ2n) is 4.63. The van der Waals surface area contributed by atoms with Crippen LogP contribution in [0.25, 0.3) is 11.1 Å². The molecular weight excluding hydrogens is 226 g/mol. The van der Waals surface area contributed by atoms with Gasteiger partial charge in [0.25, 0.3) is 5.56 Å². The molecule has 0 amide bonds. The van der Waals surface area contributed by atoms with Crippen LogP contribution in [0.3, 0.4) is 0 Å². The van der Waals surface area contributed by atoms with E-state index in [1.54, 1.807) is 11.6 Å². The lowest BCUT2D eigenvalue weighted by Crippen LogP contribution is -2.18. The highest BCUT2D eigenvalue weighted by atomic mass is 16.3. The van der Waals surface area contributed by atoms with E-state index >= 15 is 0 Å². The summed E-state index contributed by atoms with van der Waals surface area (Å²) in [6.07, 6.45) is 1.84. The van der Waals surface area contributed by atoms with E-state index in [4.69, 9.17) is 5.11 Å². The Labute approximate surface area is 106 Å². The van der Waals surface area contributed by atoms with Crippen molar-refractivity contribution in [2.45, 2.75) is 20.5 Å². The fraction of sp³-hybridized carbons (Fsp3) is 0.267. The van der Waals surface area contributed by atoms with Crippen molar-refractivity contribution in [3.8, 4) is 11.1 Å². The minimum Gasteiger partial charge on any atom is -0.392 e. The van der Waals surface area contributed by atoms with Crippen LogP contribution in [-0.4, -0.2) is 9.67 Å². The SMILES string of the molecule is Cc1cc(-c2cc(C)c(=O)n(C)c2)ccc1CO. The number of hydrogen-bond acceptors (Lipinski definition) is 2. The molecule has 0 saturated carbocycles. The van der Waals surface area contributed by atoms with E-state index < -0.39 is 0 Å². The number of aliphatic hydroxyl groups is 1. The van der Waals surface area contributed by atoms with Crippen molar-refractivity contribution in [2.75, 3.05) is 0 Å². The van der Waals surface area contributed by atoms with Crippen LogP contribution in [0.5, 0.6) is 0 Å². The first-order valence-electron chi connectivity index (χ1n) is 5.91. The van der Waals surface area contributed by atoms with Crippen LogP contribution in [-0.2, 0) is 13.7 Å². The van der Waals surface area contributed by atoms with Gasteiger partial charge in [-0.05, 0) is 42.2 Å². The minimum absolute atomic E-state index is 0.0300. The number of nitrogens with zero attached hydrogens (tertiary/aromatic N) is 1. The number of hydrogen-bond donors (Lipinski definition) is 1. The monoisotopic (exact) mass is 243 g/mol. The zero-order valence-corrected chi connectivity index (χ0v) is 10.9. The summed E-state index contributed by atoms with van der Waals surface area (Å²) in [5.41, 5.74) is 4.83. The highest BCUT2D eigenvalue weighted by Crippen LogP contribution is 2.22. The molecule has 94 valence electrons. The van der Waals surface area contributed by atoms with E-state index in [0.717, 1.165) is 27.8 Å². The quantitative estimate of drug-likeness (QED) is 0.878. The molecular formula is C15H17NO2. The van der Waals surface area contributed by atoms with Crippen LogP contribution in [0.15, 0.2) is 35.3 Å². The molecule has 1 N–H and O–H groups in total. The third kappa shape index (κ3) is 2.22. The molecule has 0 unspecified atom stereocenters. The molecule has 0 aliphatic rings. The molecule has 0 aliphatic carbocycles. The zero-order chi connectivity index (χ0) is 13.3. The average Bonchev–Trinajstić information content (AvgIpc) is 2.35. The lowest BCUT2D eigenvalue weighted by atomic mass is 10.0. The Bertz CT molecular complexity index is 615. The van der Waals surface area contributed by atoms with Crippen molar-refractivity contribution < 1.29 is 5.11 Å². The first-order valence-corrected chi connectivity index (χ1v) is 5.91. The summed E-state index contributed by atoms with van der Waals surface area (Å²) in [6, 6.07) is 7.82. The van der Waals surface area contributed by atoms with E-state index in [9.17, 15) is 4.79 Å². The van der Waals surface area contributed by atoms with Crippen LogP contribution < -0.4 is 5.56 Å². The molecule has 1 aromatic carbocycles. The van der Waals surface area contributed by atoms with Crippen molar-refractivity contribution in [3.05, 3.63) is 57.5 Å². The lowest BCUT2D eigenvalue weighted by molar-refractivity contribution is 0.281. The van der Waals surface area contributed by atoms with Crippen molar-refractivity contribution in [1.82, 2.24) is 4.57 Å². The van der Waals surface area contributed by atoms with Crippen LogP contribution in [0.4, 0.5) is 0 Å². The Hall–Kier alpha value is -1.87. The molecule has 3 nitrogen and oxygen atoms in total. The molecule has 1 aromatic heterocycles. The number of aliphatic hydroxyl groups excluding tert-OH is 1. The van der Waals surface area contributed by atoms with Crippen molar-refractivity contribution in [2.24, 2.45) is 7.05 Å². The molecule has 2 aromatic rings. The number of aromatic nitrogens is 1. The van der Waals surface area contributed by atoms with E-state index in [0.29, 0.717) is 0 Å². The van der Waals surface area contributed by atoms with Crippen molar-refractivity contribution in [1.29, 1.82) is 0 Å². The van der Waals surface area contributed by atoms with Gasteiger partial charge >= 0.3 is 0 Å².